The maximum atomic E-state index is 6.25. The van der Waals surface area contributed by atoms with Crippen molar-refractivity contribution < 1.29 is 4.74 Å². The maximum Gasteiger partial charge on any atom is 0.0581 e. The SMILES string of the molecule is CC1CCC(OC2CCCC(C)C2)CC1. The van der Waals surface area contributed by atoms with Crippen molar-refractivity contribution in [2.45, 2.75) is 77.4 Å². The average Bonchev–Trinajstić information content (AvgIpc) is 2.22. The van der Waals surface area contributed by atoms with Gasteiger partial charge in [-0.15, -0.1) is 0 Å². The lowest BCUT2D eigenvalue weighted by molar-refractivity contribution is -0.0573. The molecule has 0 saturated heterocycles. The van der Waals surface area contributed by atoms with Crippen LogP contribution in [0.1, 0.15) is 65.2 Å². The van der Waals surface area contributed by atoms with E-state index in [-0.39, 0.29) is 0 Å². The summed E-state index contributed by atoms with van der Waals surface area (Å²) in [5, 5.41) is 0. The third-order valence-electron chi connectivity index (χ3n) is 4.24. The minimum absolute atomic E-state index is 0.590. The molecule has 88 valence electrons. The van der Waals surface area contributed by atoms with Crippen LogP contribution in [-0.4, -0.2) is 12.2 Å². The van der Waals surface area contributed by atoms with E-state index in [0.717, 1.165) is 11.8 Å². The van der Waals surface area contributed by atoms with Crippen LogP contribution in [0.5, 0.6) is 0 Å². The molecule has 2 aliphatic carbocycles. The molecular formula is C14H26O. The van der Waals surface area contributed by atoms with E-state index < -0.39 is 0 Å². The van der Waals surface area contributed by atoms with Gasteiger partial charge in [0.25, 0.3) is 0 Å². The molecule has 0 spiro atoms. The molecule has 2 unspecified atom stereocenters. The zero-order valence-corrected chi connectivity index (χ0v) is 10.4. The van der Waals surface area contributed by atoms with E-state index in [9.17, 15) is 0 Å². The van der Waals surface area contributed by atoms with Crippen molar-refractivity contribution in [2.24, 2.45) is 11.8 Å². The summed E-state index contributed by atoms with van der Waals surface area (Å²) in [5.41, 5.74) is 0. The first-order valence-corrected chi connectivity index (χ1v) is 6.89. The number of hydrogen-bond acceptors (Lipinski definition) is 1. The molecule has 0 heterocycles. The number of rotatable bonds is 2. The van der Waals surface area contributed by atoms with Gasteiger partial charge in [-0.25, -0.2) is 0 Å². The van der Waals surface area contributed by atoms with Gasteiger partial charge in [-0.05, 0) is 50.4 Å². The zero-order chi connectivity index (χ0) is 10.7. The van der Waals surface area contributed by atoms with Crippen LogP contribution in [0.4, 0.5) is 0 Å². The van der Waals surface area contributed by atoms with E-state index in [0.29, 0.717) is 12.2 Å². The minimum atomic E-state index is 0.590. The molecule has 0 aliphatic heterocycles. The Morgan fingerprint density at radius 2 is 1.47 bits per heavy atom. The molecular weight excluding hydrogens is 184 g/mol. The van der Waals surface area contributed by atoms with Gasteiger partial charge in [0.05, 0.1) is 12.2 Å². The number of ether oxygens (including phenoxy) is 1. The summed E-state index contributed by atoms with van der Waals surface area (Å²) in [7, 11) is 0. The van der Waals surface area contributed by atoms with E-state index in [1.54, 1.807) is 0 Å². The number of hydrogen-bond donors (Lipinski definition) is 0. The Labute approximate surface area is 94.6 Å². The van der Waals surface area contributed by atoms with Gasteiger partial charge in [-0.1, -0.05) is 26.7 Å². The second-order valence-electron chi connectivity index (χ2n) is 5.91. The fourth-order valence-corrected chi connectivity index (χ4v) is 3.14. The van der Waals surface area contributed by atoms with Crippen molar-refractivity contribution in [2.75, 3.05) is 0 Å². The van der Waals surface area contributed by atoms with Crippen LogP contribution in [0.3, 0.4) is 0 Å². The van der Waals surface area contributed by atoms with E-state index in [4.69, 9.17) is 4.74 Å². The second-order valence-corrected chi connectivity index (χ2v) is 5.91. The van der Waals surface area contributed by atoms with Crippen molar-refractivity contribution in [1.29, 1.82) is 0 Å². The van der Waals surface area contributed by atoms with Crippen molar-refractivity contribution >= 4 is 0 Å². The van der Waals surface area contributed by atoms with Gasteiger partial charge in [-0.2, -0.15) is 0 Å². The summed E-state index contributed by atoms with van der Waals surface area (Å²) < 4.78 is 6.25. The molecule has 0 aromatic heterocycles. The average molecular weight is 210 g/mol. The summed E-state index contributed by atoms with van der Waals surface area (Å²) in [6.07, 6.45) is 12.0. The Balaban J connectivity index is 1.71. The molecule has 2 saturated carbocycles. The van der Waals surface area contributed by atoms with Crippen LogP contribution in [0.15, 0.2) is 0 Å². The standard InChI is InChI=1S/C14H26O/c1-11-6-8-13(9-7-11)15-14-5-3-4-12(2)10-14/h11-14H,3-10H2,1-2H3. The largest absolute Gasteiger partial charge is 0.375 e. The van der Waals surface area contributed by atoms with E-state index in [1.807, 2.05) is 0 Å². The molecule has 2 rings (SSSR count). The summed E-state index contributed by atoms with van der Waals surface area (Å²) in [6.45, 7) is 4.75. The molecule has 1 heteroatoms. The lowest BCUT2D eigenvalue weighted by Gasteiger charge is -2.33. The van der Waals surface area contributed by atoms with Gasteiger partial charge in [-0.3, -0.25) is 0 Å². The topological polar surface area (TPSA) is 9.23 Å². The van der Waals surface area contributed by atoms with Gasteiger partial charge in [0.15, 0.2) is 0 Å². The Kier molecular flexibility index (Phi) is 4.07. The normalized spacial score (nSPS) is 42.8. The molecule has 0 aromatic rings. The van der Waals surface area contributed by atoms with Crippen LogP contribution >= 0.6 is 0 Å². The molecule has 0 radical (unpaired) electrons. The Morgan fingerprint density at radius 1 is 0.733 bits per heavy atom. The molecule has 15 heavy (non-hydrogen) atoms. The summed E-state index contributed by atoms with van der Waals surface area (Å²) >= 11 is 0. The first-order valence-electron chi connectivity index (χ1n) is 6.89. The van der Waals surface area contributed by atoms with E-state index in [2.05, 4.69) is 13.8 Å². The van der Waals surface area contributed by atoms with E-state index in [1.165, 1.54) is 51.4 Å². The predicted octanol–water partition coefficient (Wildman–Crippen LogP) is 4.16. The Morgan fingerprint density at radius 3 is 2.13 bits per heavy atom. The van der Waals surface area contributed by atoms with Gasteiger partial charge in [0.2, 0.25) is 0 Å². The molecule has 0 bridgehead atoms. The quantitative estimate of drug-likeness (QED) is 0.665. The molecule has 0 amide bonds. The highest BCUT2D eigenvalue weighted by Gasteiger charge is 2.25. The summed E-state index contributed by atoms with van der Waals surface area (Å²) in [6, 6.07) is 0. The molecule has 2 atom stereocenters. The van der Waals surface area contributed by atoms with Gasteiger partial charge < -0.3 is 4.74 Å². The van der Waals surface area contributed by atoms with Crippen LogP contribution in [0.25, 0.3) is 0 Å². The third kappa shape index (κ3) is 3.48. The van der Waals surface area contributed by atoms with Crippen LogP contribution in [0, 0.1) is 11.8 Å². The van der Waals surface area contributed by atoms with Crippen LogP contribution in [0.2, 0.25) is 0 Å². The molecule has 0 aromatic carbocycles. The zero-order valence-electron chi connectivity index (χ0n) is 10.4. The molecule has 1 nitrogen and oxygen atoms in total. The Hall–Kier alpha value is -0.0400. The summed E-state index contributed by atoms with van der Waals surface area (Å²) in [5.74, 6) is 1.83. The fourth-order valence-electron chi connectivity index (χ4n) is 3.14. The van der Waals surface area contributed by atoms with Gasteiger partial charge >= 0.3 is 0 Å². The molecule has 0 N–H and O–H groups in total. The highest BCUT2D eigenvalue weighted by molar-refractivity contribution is 4.75. The van der Waals surface area contributed by atoms with Crippen LogP contribution < -0.4 is 0 Å². The first kappa shape index (κ1) is 11.4. The van der Waals surface area contributed by atoms with Crippen molar-refractivity contribution in [1.82, 2.24) is 0 Å². The van der Waals surface area contributed by atoms with E-state index >= 15 is 0 Å². The van der Waals surface area contributed by atoms with Crippen molar-refractivity contribution in [3.05, 3.63) is 0 Å². The monoisotopic (exact) mass is 210 g/mol. The second kappa shape index (κ2) is 5.34. The van der Waals surface area contributed by atoms with Crippen molar-refractivity contribution in [3.63, 3.8) is 0 Å². The molecule has 2 fully saturated rings. The Bertz CT molecular complexity index is 182. The van der Waals surface area contributed by atoms with Crippen molar-refractivity contribution in [3.8, 4) is 0 Å². The minimum Gasteiger partial charge on any atom is -0.375 e. The van der Waals surface area contributed by atoms with Gasteiger partial charge in [0, 0.05) is 0 Å². The van der Waals surface area contributed by atoms with Gasteiger partial charge in [0.1, 0.15) is 0 Å². The smallest absolute Gasteiger partial charge is 0.0581 e. The lowest BCUT2D eigenvalue weighted by atomic mass is 9.86. The highest BCUT2D eigenvalue weighted by Crippen LogP contribution is 2.31. The highest BCUT2D eigenvalue weighted by atomic mass is 16.5. The maximum absolute atomic E-state index is 6.25. The fraction of sp³-hybridized carbons (Fsp3) is 1.00. The first-order chi connectivity index (χ1) is 7.24. The third-order valence-corrected chi connectivity index (χ3v) is 4.24. The predicted molar refractivity (Wildman–Crippen MR) is 63.9 cm³/mol. The molecule has 2 aliphatic rings. The summed E-state index contributed by atoms with van der Waals surface area (Å²) in [4.78, 5) is 0. The van der Waals surface area contributed by atoms with Crippen LogP contribution in [-0.2, 0) is 4.74 Å². The lowest BCUT2D eigenvalue weighted by Crippen LogP contribution is -2.29.